The quantitative estimate of drug-likeness (QED) is 0.454. The van der Waals surface area contributed by atoms with Crippen molar-refractivity contribution in [3.63, 3.8) is 0 Å². The molecule has 0 amide bonds. The summed E-state index contributed by atoms with van der Waals surface area (Å²) in [6.45, 7) is 5.04. The molecule has 2 unspecified atom stereocenters. The molecule has 2 atom stereocenters. The fourth-order valence-corrected chi connectivity index (χ4v) is 4.29. The lowest BCUT2D eigenvalue weighted by Gasteiger charge is -2.24. The summed E-state index contributed by atoms with van der Waals surface area (Å²) in [4.78, 5) is 0. The molecular weight excluding hydrogens is 224 g/mol. The largest absolute Gasteiger partial charge is 0.420 e. The second-order valence-electron chi connectivity index (χ2n) is 4.42. The first kappa shape index (κ1) is 16.1. The van der Waals surface area contributed by atoms with E-state index in [1.54, 1.807) is 7.11 Å². The van der Waals surface area contributed by atoms with Gasteiger partial charge in [-0.15, -0.1) is 0 Å². The van der Waals surface area contributed by atoms with Crippen LogP contribution in [0.25, 0.3) is 0 Å². The highest BCUT2D eigenvalue weighted by molar-refractivity contribution is 6.72. The Morgan fingerprint density at radius 2 is 2.00 bits per heavy atom. The van der Waals surface area contributed by atoms with E-state index in [0.29, 0.717) is 6.61 Å². The van der Waals surface area contributed by atoms with Crippen LogP contribution in [-0.4, -0.2) is 51.6 Å². The number of hydrogen-bond donors (Lipinski definition) is 2. The van der Waals surface area contributed by atoms with Gasteiger partial charge in [0.05, 0.1) is 13.2 Å². The number of aliphatic hydroxyl groups is 2. The molecule has 0 aliphatic rings. The highest BCUT2D eigenvalue weighted by atomic mass is 28.4. The number of rotatable bonds is 10. The van der Waals surface area contributed by atoms with E-state index in [0.717, 1.165) is 12.5 Å². The molecule has 0 bridgehead atoms. The molecule has 0 aliphatic heterocycles. The summed E-state index contributed by atoms with van der Waals surface area (Å²) in [7, 11) is 0.303. The second kappa shape index (κ2) is 9.12. The summed E-state index contributed by atoms with van der Waals surface area (Å²) in [5.74, 6) is 0. The lowest BCUT2D eigenvalue weighted by Crippen LogP contribution is -2.33. The first-order chi connectivity index (χ1) is 7.58. The van der Waals surface area contributed by atoms with E-state index in [9.17, 15) is 0 Å². The standard InChI is InChI=1S/C11H26O4Si/c1-4-7-16(3,14-2)8-5-6-15-10-11(13)9-12/h11-13H,4-10H2,1-3H3. The van der Waals surface area contributed by atoms with Crippen molar-refractivity contribution < 1.29 is 19.4 Å². The average Bonchev–Trinajstić information content (AvgIpc) is 2.28. The molecular formula is C11H26O4Si. The number of aliphatic hydroxyl groups excluding tert-OH is 2. The van der Waals surface area contributed by atoms with Crippen molar-refractivity contribution in [1.29, 1.82) is 0 Å². The minimum absolute atomic E-state index is 0.218. The first-order valence-electron chi connectivity index (χ1n) is 5.99. The third kappa shape index (κ3) is 7.35. The molecule has 4 nitrogen and oxygen atoms in total. The van der Waals surface area contributed by atoms with Crippen molar-refractivity contribution in [2.45, 2.75) is 44.5 Å². The van der Waals surface area contributed by atoms with Gasteiger partial charge in [-0.25, -0.2) is 0 Å². The Balaban J connectivity index is 3.55. The Kier molecular flexibility index (Phi) is 9.16. The van der Waals surface area contributed by atoms with Gasteiger partial charge in [0.1, 0.15) is 6.10 Å². The summed E-state index contributed by atoms with van der Waals surface area (Å²) in [5, 5.41) is 17.6. The van der Waals surface area contributed by atoms with Crippen LogP contribution in [0, 0.1) is 0 Å². The van der Waals surface area contributed by atoms with Gasteiger partial charge in [0.2, 0.25) is 0 Å². The molecule has 16 heavy (non-hydrogen) atoms. The summed E-state index contributed by atoms with van der Waals surface area (Å²) in [6, 6.07) is 2.27. The smallest absolute Gasteiger partial charge is 0.189 e. The predicted molar refractivity (Wildman–Crippen MR) is 67.1 cm³/mol. The third-order valence-corrected chi connectivity index (χ3v) is 6.74. The Labute approximate surface area is 99.7 Å². The van der Waals surface area contributed by atoms with E-state index >= 15 is 0 Å². The molecule has 0 aromatic heterocycles. The highest BCUT2D eigenvalue weighted by Crippen LogP contribution is 2.20. The van der Waals surface area contributed by atoms with Crippen molar-refractivity contribution >= 4 is 8.32 Å². The maximum atomic E-state index is 9.06. The topological polar surface area (TPSA) is 58.9 Å². The van der Waals surface area contributed by atoms with Crippen molar-refractivity contribution in [2.24, 2.45) is 0 Å². The van der Waals surface area contributed by atoms with E-state index in [-0.39, 0.29) is 13.2 Å². The number of ether oxygens (including phenoxy) is 1. The van der Waals surface area contributed by atoms with Gasteiger partial charge in [0, 0.05) is 13.7 Å². The maximum Gasteiger partial charge on any atom is 0.189 e. The van der Waals surface area contributed by atoms with E-state index in [1.807, 2.05) is 0 Å². The third-order valence-electron chi connectivity index (χ3n) is 2.79. The Hall–Kier alpha value is 0.0569. The fourth-order valence-electron chi connectivity index (χ4n) is 1.68. The van der Waals surface area contributed by atoms with E-state index in [4.69, 9.17) is 19.4 Å². The van der Waals surface area contributed by atoms with Crippen LogP contribution < -0.4 is 0 Å². The van der Waals surface area contributed by atoms with Crippen LogP contribution in [0.15, 0.2) is 0 Å². The molecule has 5 heteroatoms. The number of hydrogen-bond acceptors (Lipinski definition) is 4. The van der Waals surface area contributed by atoms with E-state index in [2.05, 4.69) is 13.5 Å². The predicted octanol–water partition coefficient (Wildman–Crippen LogP) is 1.38. The van der Waals surface area contributed by atoms with Crippen LogP contribution in [0.1, 0.15) is 19.8 Å². The Morgan fingerprint density at radius 3 is 2.50 bits per heavy atom. The van der Waals surface area contributed by atoms with Crippen LogP contribution >= 0.6 is 0 Å². The highest BCUT2D eigenvalue weighted by Gasteiger charge is 2.25. The minimum Gasteiger partial charge on any atom is -0.420 e. The molecule has 0 aromatic rings. The van der Waals surface area contributed by atoms with Crippen LogP contribution in [-0.2, 0) is 9.16 Å². The zero-order valence-electron chi connectivity index (χ0n) is 10.7. The normalized spacial score (nSPS) is 17.1. The SMILES string of the molecule is CCC[Si](C)(CCCOCC(O)CO)OC. The molecule has 0 saturated carbocycles. The molecule has 98 valence electrons. The van der Waals surface area contributed by atoms with Crippen molar-refractivity contribution in [3.05, 3.63) is 0 Å². The van der Waals surface area contributed by atoms with Gasteiger partial charge < -0.3 is 19.4 Å². The van der Waals surface area contributed by atoms with Gasteiger partial charge in [-0.3, -0.25) is 0 Å². The second-order valence-corrected chi connectivity index (χ2v) is 8.73. The molecule has 0 spiro atoms. The van der Waals surface area contributed by atoms with E-state index in [1.165, 1.54) is 12.5 Å². The molecule has 0 rings (SSSR count). The maximum absolute atomic E-state index is 9.06. The molecule has 0 radical (unpaired) electrons. The molecule has 0 heterocycles. The van der Waals surface area contributed by atoms with Gasteiger partial charge in [-0.1, -0.05) is 13.3 Å². The van der Waals surface area contributed by atoms with Crippen molar-refractivity contribution in [3.8, 4) is 0 Å². The van der Waals surface area contributed by atoms with Crippen LogP contribution in [0.3, 0.4) is 0 Å². The molecule has 0 saturated heterocycles. The van der Waals surface area contributed by atoms with Crippen molar-refractivity contribution in [2.75, 3.05) is 26.9 Å². The van der Waals surface area contributed by atoms with Gasteiger partial charge in [-0.2, -0.15) is 0 Å². The van der Waals surface area contributed by atoms with Crippen LogP contribution in [0.4, 0.5) is 0 Å². The van der Waals surface area contributed by atoms with E-state index < -0.39 is 14.4 Å². The summed E-state index contributed by atoms with van der Waals surface area (Å²) in [6.07, 6.45) is 1.39. The summed E-state index contributed by atoms with van der Waals surface area (Å²) >= 11 is 0. The van der Waals surface area contributed by atoms with Gasteiger partial charge in [0.25, 0.3) is 0 Å². The first-order valence-corrected chi connectivity index (χ1v) is 8.82. The monoisotopic (exact) mass is 250 g/mol. The minimum atomic E-state index is -1.50. The van der Waals surface area contributed by atoms with Crippen LogP contribution in [0.5, 0.6) is 0 Å². The van der Waals surface area contributed by atoms with Crippen LogP contribution in [0.2, 0.25) is 18.6 Å². The molecule has 0 aromatic carbocycles. The van der Waals surface area contributed by atoms with Gasteiger partial charge >= 0.3 is 0 Å². The lowest BCUT2D eigenvalue weighted by atomic mass is 10.4. The fraction of sp³-hybridized carbons (Fsp3) is 1.00. The zero-order chi connectivity index (χ0) is 12.4. The lowest BCUT2D eigenvalue weighted by molar-refractivity contribution is 0.00634. The zero-order valence-corrected chi connectivity index (χ0v) is 11.7. The van der Waals surface area contributed by atoms with Crippen molar-refractivity contribution in [1.82, 2.24) is 0 Å². The average molecular weight is 250 g/mol. The Morgan fingerprint density at radius 1 is 1.31 bits per heavy atom. The molecule has 0 aliphatic carbocycles. The molecule has 2 N–H and O–H groups in total. The van der Waals surface area contributed by atoms with Gasteiger partial charge in [0.15, 0.2) is 8.32 Å². The summed E-state index contributed by atoms with van der Waals surface area (Å²) in [5.41, 5.74) is 0. The summed E-state index contributed by atoms with van der Waals surface area (Å²) < 4.78 is 10.9. The Bertz CT molecular complexity index is 168. The van der Waals surface area contributed by atoms with Gasteiger partial charge in [-0.05, 0) is 25.1 Å². The molecule has 0 fully saturated rings.